The number of nitro benzene ring substituents is 1. The maximum Gasteiger partial charge on any atom is 0.271 e. The molecule has 0 aliphatic heterocycles. The van der Waals surface area contributed by atoms with E-state index in [1.54, 1.807) is 0 Å². The van der Waals surface area contributed by atoms with Crippen molar-refractivity contribution < 1.29 is 10.0 Å². The van der Waals surface area contributed by atoms with Crippen LogP contribution in [0.4, 0.5) is 5.69 Å². The first-order chi connectivity index (χ1) is 6.73. The van der Waals surface area contributed by atoms with Gasteiger partial charge in [-0.3, -0.25) is 10.1 Å². The van der Waals surface area contributed by atoms with E-state index in [1.165, 1.54) is 12.1 Å². The van der Waals surface area contributed by atoms with Crippen LogP contribution in [0.2, 0.25) is 0 Å². The van der Waals surface area contributed by atoms with Crippen molar-refractivity contribution in [1.82, 2.24) is 0 Å². The fourth-order valence-electron chi connectivity index (χ4n) is 1.26. The number of phenolic OH excluding ortho intramolecular Hbond substituents is 1. The van der Waals surface area contributed by atoms with Crippen LogP contribution in [-0.4, -0.2) is 10.0 Å². The molecule has 0 spiro atoms. The molecule has 0 unspecified atom stereocenters. The third-order valence-electron chi connectivity index (χ3n) is 2.07. The third-order valence-corrected chi connectivity index (χ3v) is 2.67. The fraction of sp³-hybridized carbons (Fsp3) is 0.400. The summed E-state index contributed by atoms with van der Waals surface area (Å²) in [7, 11) is 0. The van der Waals surface area contributed by atoms with Crippen LogP contribution in [0.25, 0.3) is 0 Å². The molecule has 0 heterocycles. The maximum absolute atomic E-state index is 10.6. The van der Waals surface area contributed by atoms with E-state index in [4.69, 9.17) is 0 Å². The lowest BCUT2D eigenvalue weighted by atomic mass is 9.86. The van der Waals surface area contributed by atoms with Gasteiger partial charge in [0.05, 0.1) is 9.40 Å². The molecule has 0 aliphatic carbocycles. The van der Waals surface area contributed by atoms with Gasteiger partial charge in [0.15, 0.2) is 0 Å². The molecular weight excluding hydrogens is 262 g/mol. The van der Waals surface area contributed by atoms with Gasteiger partial charge in [0.2, 0.25) is 0 Å². The van der Waals surface area contributed by atoms with Crippen molar-refractivity contribution >= 4 is 21.6 Å². The predicted molar refractivity (Wildman–Crippen MR) is 61.2 cm³/mol. The Morgan fingerprint density at radius 3 is 2.33 bits per heavy atom. The first kappa shape index (κ1) is 12.0. The van der Waals surface area contributed by atoms with Gasteiger partial charge < -0.3 is 5.11 Å². The summed E-state index contributed by atoms with van der Waals surface area (Å²) in [6.07, 6.45) is 0. The minimum absolute atomic E-state index is 0.0235. The van der Waals surface area contributed by atoms with Crippen LogP contribution in [-0.2, 0) is 5.41 Å². The molecule has 0 fully saturated rings. The first-order valence-electron chi connectivity index (χ1n) is 4.41. The summed E-state index contributed by atoms with van der Waals surface area (Å²) >= 11 is 3.10. The van der Waals surface area contributed by atoms with Gasteiger partial charge in [-0.2, -0.15) is 0 Å². The Bertz CT molecular complexity index is 410. The summed E-state index contributed by atoms with van der Waals surface area (Å²) < 4.78 is 0.349. The Balaban J connectivity index is 3.45. The van der Waals surface area contributed by atoms with Crippen LogP contribution in [0, 0.1) is 10.1 Å². The number of rotatable bonds is 1. The Hall–Kier alpha value is -1.10. The van der Waals surface area contributed by atoms with E-state index >= 15 is 0 Å². The lowest BCUT2D eigenvalue weighted by molar-refractivity contribution is -0.385. The SMILES string of the molecule is CC(C)(C)c1cc([N+](=O)[O-])cc(Br)c1O. The highest BCUT2D eigenvalue weighted by molar-refractivity contribution is 9.10. The zero-order valence-electron chi connectivity index (χ0n) is 8.74. The zero-order chi connectivity index (χ0) is 11.8. The van der Waals surface area contributed by atoms with Crippen LogP contribution >= 0.6 is 15.9 Å². The summed E-state index contributed by atoms with van der Waals surface area (Å²) in [5.74, 6) is 0.0631. The fourth-order valence-corrected chi connectivity index (χ4v) is 1.71. The highest BCUT2D eigenvalue weighted by Crippen LogP contribution is 2.38. The summed E-state index contributed by atoms with van der Waals surface area (Å²) in [6.45, 7) is 5.66. The van der Waals surface area contributed by atoms with Gasteiger partial charge >= 0.3 is 0 Å². The molecule has 15 heavy (non-hydrogen) atoms. The number of benzene rings is 1. The molecule has 0 amide bonds. The number of non-ortho nitro benzene ring substituents is 1. The molecule has 82 valence electrons. The lowest BCUT2D eigenvalue weighted by Crippen LogP contribution is -2.12. The third kappa shape index (κ3) is 2.47. The average molecular weight is 274 g/mol. The van der Waals surface area contributed by atoms with Crippen LogP contribution in [0.3, 0.4) is 0 Å². The van der Waals surface area contributed by atoms with Crippen LogP contribution < -0.4 is 0 Å². The Kier molecular flexibility index (Phi) is 3.04. The molecule has 4 nitrogen and oxygen atoms in total. The first-order valence-corrected chi connectivity index (χ1v) is 5.20. The normalized spacial score (nSPS) is 11.5. The molecule has 0 radical (unpaired) electrons. The van der Waals surface area contributed by atoms with Gasteiger partial charge in [-0.1, -0.05) is 20.8 Å². The summed E-state index contributed by atoms with van der Waals surface area (Å²) in [5.41, 5.74) is 0.201. The monoisotopic (exact) mass is 273 g/mol. The predicted octanol–water partition coefficient (Wildman–Crippen LogP) is 3.36. The highest BCUT2D eigenvalue weighted by Gasteiger charge is 2.23. The molecular formula is C10H12BrNO3. The van der Waals surface area contributed by atoms with E-state index in [9.17, 15) is 15.2 Å². The maximum atomic E-state index is 10.6. The number of hydrogen-bond donors (Lipinski definition) is 1. The van der Waals surface area contributed by atoms with Crippen molar-refractivity contribution in [2.75, 3.05) is 0 Å². The van der Waals surface area contributed by atoms with Crippen LogP contribution in [0.15, 0.2) is 16.6 Å². The van der Waals surface area contributed by atoms with Crippen LogP contribution in [0.1, 0.15) is 26.3 Å². The van der Waals surface area contributed by atoms with Gasteiger partial charge in [-0.05, 0) is 21.3 Å². The molecule has 5 heteroatoms. The van der Waals surface area contributed by atoms with Gasteiger partial charge in [0.1, 0.15) is 5.75 Å². The quantitative estimate of drug-likeness (QED) is 0.630. The number of nitrogens with zero attached hydrogens (tertiary/aromatic N) is 1. The molecule has 1 aromatic carbocycles. The summed E-state index contributed by atoms with van der Waals surface area (Å²) in [5, 5.41) is 20.4. The van der Waals surface area contributed by atoms with Gasteiger partial charge in [0, 0.05) is 17.7 Å². The van der Waals surface area contributed by atoms with E-state index in [0.717, 1.165) is 0 Å². The molecule has 0 bridgehead atoms. The van der Waals surface area contributed by atoms with E-state index in [2.05, 4.69) is 15.9 Å². The largest absolute Gasteiger partial charge is 0.506 e. The van der Waals surface area contributed by atoms with E-state index in [1.807, 2.05) is 20.8 Å². The average Bonchev–Trinajstić information content (AvgIpc) is 2.06. The molecule has 1 N–H and O–H groups in total. The molecule has 0 saturated carbocycles. The van der Waals surface area contributed by atoms with Crippen molar-refractivity contribution in [1.29, 1.82) is 0 Å². The summed E-state index contributed by atoms with van der Waals surface area (Å²) in [6, 6.07) is 2.70. The Morgan fingerprint density at radius 2 is 1.93 bits per heavy atom. The van der Waals surface area contributed by atoms with Gasteiger partial charge in [0.25, 0.3) is 5.69 Å². The topological polar surface area (TPSA) is 63.4 Å². The second-order valence-electron chi connectivity index (χ2n) is 4.33. The number of aromatic hydroxyl groups is 1. The molecule has 0 aromatic heterocycles. The number of phenols is 1. The highest BCUT2D eigenvalue weighted by atomic mass is 79.9. The Morgan fingerprint density at radius 1 is 1.40 bits per heavy atom. The second kappa shape index (κ2) is 3.81. The van der Waals surface area contributed by atoms with Crippen LogP contribution in [0.5, 0.6) is 5.75 Å². The molecule has 0 saturated heterocycles. The molecule has 1 aromatic rings. The number of hydrogen-bond acceptors (Lipinski definition) is 3. The second-order valence-corrected chi connectivity index (χ2v) is 5.19. The minimum atomic E-state index is -0.473. The minimum Gasteiger partial charge on any atom is -0.506 e. The Labute approximate surface area is 96.2 Å². The number of nitro groups is 1. The molecule has 0 atom stereocenters. The van der Waals surface area contributed by atoms with E-state index in [0.29, 0.717) is 10.0 Å². The summed E-state index contributed by atoms with van der Waals surface area (Å²) in [4.78, 5) is 10.2. The van der Waals surface area contributed by atoms with E-state index < -0.39 is 4.92 Å². The number of halogens is 1. The van der Waals surface area contributed by atoms with Crippen molar-refractivity contribution in [2.45, 2.75) is 26.2 Å². The van der Waals surface area contributed by atoms with Crippen molar-refractivity contribution in [2.24, 2.45) is 0 Å². The molecule has 0 aliphatic rings. The lowest BCUT2D eigenvalue weighted by Gasteiger charge is -2.20. The zero-order valence-corrected chi connectivity index (χ0v) is 10.3. The smallest absolute Gasteiger partial charge is 0.271 e. The van der Waals surface area contributed by atoms with Crippen molar-refractivity contribution in [3.63, 3.8) is 0 Å². The van der Waals surface area contributed by atoms with Crippen molar-refractivity contribution in [3.8, 4) is 5.75 Å². The molecule has 1 rings (SSSR count). The van der Waals surface area contributed by atoms with E-state index in [-0.39, 0.29) is 16.9 Å². The van der Waals surface area contributed by atoms with Crippen molar-refractivity contribution in [3.05, 3.63) is 32.3 Å². The van der Waals surface area contributed by atoms with Gasteiger partial charge in [-0.15, -0.1) is 0 Å². The van der Waals surface area contributed by atoms with Gasteiger partial charge in [-0.25, -0.2) is 0 Å². The standard InChI is InChI=1S/C10H12BrNO3/c1-10(2,3)7-4-6(12(14)15)5-8(11)9(7)13/h4-5,13H,1-3H3.